The molecule has 0 spiro atoms. The first-order valence-electron chi connectivity index (χ1n) is 9.33. The van der Waals surface area contributed by atoms with Gasteiger partial charge in [-0.25, -0.2) is 18.4 Å². The number of fused-ring (bicyclic) bond motifs is 2. The SMILES string of the molecule is CS(=O)(=O)N1CCN(Cc2cc3nc(-c4cccc5[nH]ncc45)ncc3s2)CC1. The fraction of sp³-hybridized carbons (Fsp3) is 0.316. The van der Waals surface area contributed by atoms with E-state index in [0.29, 0.717) is 18.9 Å². The molecule has 4 heterocycles. The summed E-state index contributed by atoms with van der Waals surface area (Å²) >= 11 is 1.69. The highest BCUT2D eigenvalue weighted by atomic mass is 32.2. The van der Waals surface area contributed by atoms with E-state index < -0.39 is 10.0 Å². The van der Waals surface area contributed by atoms with Gasteiger partial charge in [0.2, 0.25) is 10.0 Å². The molecule has 0 saturated carbocycles. The summed E-state index contributed by atoms with van der Waals surface area (Å²) in [7, 11) is -3.10. The molecule has 5 rings (SSSR count). The Kier molecular flexibility index (Phi) is 4.58. The van der Waals surface area contributed by atoms with E-state index in [0.717, 1.165) is 46.3 Å². The number of rotatable bonds is 4. The van der Waals surface area contributed by atoms with Crippen molar-refractivity contribution in [2.75, 3.05) is 32.4 Å². The molecule has 0 unspecified atom stereocenters. The van der Waals surface area contributed by atoms with E-state index >= 15 is 0 Å². The summed E-state index contributed by atoms with van der Waals surface area (Å²) in [5.74, 6) is 0.690. The van der Waals surface area contributed by atoms with E-state index in [1.54, 1.807) is 21.8 Å². The van der Waals surface area contributed by atoms with Gasteiger partial charge in [-0.15, -0.1) is 11.3 Å². The van der Waals surface area contributed by atoms with Gasteiger partial charge in [-0.3, -0.25) is 10.00 Å². The van der Waals surface area contributed by atoms with Crippen molar-refractivity contribution in [3.05, 3.63) is 41.5 Å². The third kappa shape index (κ3) is 3.64. The lowest BCUT2D eigenvalue weighted by Gasteiger charge is -2.32. The number of piperazine rings is 1. The Labute approximate surface area is 172 Å². The molecule has 1 aliphatic rings. The highest BCUT2D eigenvalue weighted by Gasteiger charge is 2.23. The minimum atomic E-state index is -3.10. The molecule has 1 aromatic carbocycles. The van der Waals surface area contributed by atoms with Gasteiger partial charge in [-0.1, -0.05) is 12.1 Å². The van der Waals surface area contributed by atoms with Crippen LogP contribution >= 0.6 is 11.3 Å². The number of thiophene rings is 1. The Balaban J connectivity index is 1.37. The molecule has 0 aliphatic carbocycles. The van der Waals surface area contributed by atoms with Crippen molar-refractivity contribution in [1.29, 1.82) is 0 Å². The highest BCUT2D eigenvalue weighted by molar-refractivity contribution is 7.88. The minimum Gasteiger partial charge on any atom is -0.296 e. The van der Waals surface area contributed by atoms with Crippen LogP contribution in [0.5, 0.6) is 0 Å². The molecule has 150 valence electrons. The van der Waals surface area contributed by atoms with Gasteiger partial charge in [0, 0.05) is 54.7 Å². The summed E-state index contributed by atoms with van der Waals surface area (Å²) in [5.41, 5.74) is 2.86. The largest absolute Gasteiger partial charge is 0.296 e. The second-order valence-electron chi connectivity index (χ2n) is 7.23. The Hall–Kier alpha value is -2.40. The van der Waals surface area contributed by atoms with E-state index in [1.165, 1.54) is 11.1 Å². The normalized spacial score (nSPS) is 16.7. The van der Waals surface area contributed by atoms with Crippen LogP contribution < -0.4 is 0 Å². The van der Waals surface area contributed by atoms with Gasteiger partial charge in [-0.2, -0.15) is 9.40 Å². The quantitative estimate of drug-likeness (QED) is 0.536. The average Bonchev–Trinajstić information content (AvgIpc) is 3.33. The molecule has 0 atom stereocenters. The number of H-pyrrole nitrogens is 1. The van der Waals surface area contributed by atoms with E-state index in [-0.39, 0.29) is 0 Å². The van der Waals surface area contributed by atoms with E-state index in [4.69, 9.17) is 4.98 Å². The lowest BCUT2D eigenvalue weighted by atomic mass is 10.1. The number of nitrogens with zero attached hydrogens (tertiary/aromatic N) is 5. The highest BCUT2D eigenvalue weighted by Crippen LogP contribution is 2.29. The zero-order valence-electron chi connectivity index (χ0n) is 15.9. The van der Waals surface area contributed by atoms with Crippen LogP contribution in [0.2, 0.25) is 0 Å². The van der Waals surface area contributed by atoms with Crippen molar-refractivity contribution in [3.8, 4) is 11.4 Å². The first-order chi connectivity index (χ1) is 14.0. The maximum absolute atomic E-state index is 11.7. The molecule has 29 heavy (non-hydrogen) atoms. The van der Waals surface area contributed by atoms with Crippen LogP contribution in [0.15, 0.2) is 36.7 Å². The number of hydrogen-bond acceptors (Lipinski definition) is 7. The number of hydrogen-bond donors (Lipinski definition) is 1. The summed E-state index contributed by atoms with van der Waals surface area (Å²) in [4.78, 5) is 12.9. The van der Waals surface area contributed by atoms with Crippen LogP contribution in [0.1, 0.15) is 4.88 Å². The predicted molar refractivity (Wildman–Crippen MR) is 114 cm³/mol. The molecule has 1 saturated heterocycles. The van der Waals surface area contributed by atoms with E-state index in [2.05, 4.69) is 26.1 Å². The lowest BCUT2D eigenvalue weighted by Crippen LogP contribution is -2.47. The summed E-state index contributed by atoms with van der Waals surface area (Å²) < 4.78 is 25.9. The van der Waals surface area contributed by atoms with Crippen molar-refractivity contribution >= 4 is 42.5 Å². The zero-order chi connectivity index (χ0) is 20.0. The zero-order valence-corrected chi connectivity index (χ0v) is 17.5. The summed E-state index contributed by atoms with van der Waals surface area (Å²) in [6.07, 6.45) is 4.95. The summed E-state index contributed by atoms with van der Waals surface area (Å²) in [5, 5.41) is 8.10. The Bertz CT molecular complexity index is 1290. The van der Waals surface area contributed by atoms with Gasteiger partial charge in [0.05, 0.1) is 28.2 Å². The Morgan fingerprint density at radius 1 is 1.17 bits per heavy atom. The smallest absolute Gasteiger partial charge is 0.211 e. The summed E-state index contributed by atoms with van der Waals surface area (Å²) in [6, 6.07) is 8.08. The molecule has 0 amide bonds. The standard InChI is InChI=1S/C19H20N6O2S2/c1-29(26,27)25-7-5-24(6-8-25)12-13-9-17-18(28-13)11-20-19(22-17)14-3-2-4-16-15(14)10-21-23-16/h2-4,9-11H,5-8,12H2,1H3,(H,21,23). The number of aromatic amines is 1. The number of nitrogens with one attached hydrogen (secondary N) is 1. The first-order valence-corrected chi connectivity index (χ1v) is 12.0. The lowest BCUT2D eigenvalue weighted by molar-refractivity contribution is 0.183. The molecule has 0 bridgehead atoms. The van der Waals surface area contributed by atoms with Gasteiger partial charge in [-0.05, 0) is 12.1 Å². The third-order valence-corrected chi connectivity index (χ3v) is 7.57. The second-order valence-corrected chi connectivity index (χ2v) is 10.4. The second kappa shape index (κ2) is 7.13. The van der Waals surface area contributed by atoms with Gasteiger partial charge in [0.25, 0.3) is 0 Å². The number of benzene rings is 1. The van der Waals surface area contributed by atoms with Crippen LogP contribution in [-0.4, -0.2) is 70.2 Å². The van der Waals surface area contributed by atoms with Gasteiger partial charge >= 0.3 is 0 Å². The number of aromatic nitrogens is 4. The Morgan fingerprint density at radius 2 is 2.00 bits per heavy atom. The molecule has 3 aromatic heterocycles. The Morgan fingerprint density at radius 3 is 2.79 bits per heavy atom. The molecule has 8 nitrogen and oxygen atoms in total. The molecule has 0 radical (unpaired) electrons. The monoisotopic (exact) mass is 428 g/mol. The van der Waals surface area contributed by atoms with Gasteiger partial charge in [0.15, 0.2) is 5.82 Å². The van der Waals surface area contributed by atoms with Crippen LogP contribution in [-0.2, 0) is 16.6 Å². The van der Waals surface area contributed by atoms with Crippen molar-refractivity contribution < 1.29 is 8.42 Å². The van der Waals surface area contributed by atoms with Crippen molar-refractivity contribution in [1.82, 2.24) is 29.4 Å². The van der Waals surface area contributed by atoms with Crippen molar-refractivity contribution in [2.45, 2.75) is 6.54 Å². The van der Waals surface area contributed by atoms with Crippen LogP contribution in [0.25, 0.3) is 32.5 Å². The van der Waals surface area contributed by atoms with Crippen LogP contribution in [0, 0.1) is 0 Å². The van der Waals surface area contributed by atoms with Crippen molar-refractivity contribution in [3.63, 3.8) is 0 Å². The van der Waals surface area contributed by atoms with E-state index in [1.807, 2.05) is 24.4 Å². The molecule has 1 N–H and O–H groups in total. The van der Waals surface area contributed by atoms with Crippen LogP contribution in [0.4, 0.5) is 0 Å². The molecule has 1 aliphatic heterocycles. The molecular formula is C19H20N6O2S2. The van der Waals surface area contributed by atoms with Gasteiger partial charge < -0.3 is 0 Å². The fourth-order valence-electron chi connectivity index (χ4n) is 3.70. The maximum Gasteiger partial charge on any atom is 0.211 e. The van der Waals surface area contributed by atoms with Crippen LogP contribution in [0.3, 0.4) is 0 Å². The molecule has 10 heteroatoms. The topological polar surface area (TPSA) is 95.1 Å². The number of sulfonamides is 1. The molecule has 4 aromatic rings. The molecular weight excluding hydrogens is 408 g/mol. The average molecular weight is 429 g/mol. The minimum absolute atomic E-state index is 0.544. The van der Waals surface area contributed by atoms with E-state index in [9.17, 15) is 8.42 Å². The van der Waals surface area contributed by atoms with Crippen molar-refractivity contribution in [2.24, 2.45) is 0 Å². The predicted octanol–water partition coefficient (Wildman–Crippen LogP) is 2.31. The third-order valence-electron chi connectivity index (χ3n) is 5.23. The first kappa shape index (κ1) is 18.6. The maximum atomic E-state index is 11.7. The summed E-state index contributed by atoms with van der Waals surface area (Å²) in [6.45, 7) is 3.36. The molecule has 1 fully saturated rings. The fourth-order valence-corrected chi connectivity index (χ4v) is 5.54. The van der Waals surface area contributed by atoms with Gasteiger partial charge in [0.1, 0.15) is 0 Å².